The van der Waals surface area contributed by atoms with E-state index in [1.54, 1.807) is 0 Å². The molecule has 0 aliphatic heterocycles. The molecular formula is C13H14BrNO. The number of nitrogens with zero attached hydrogens (tertiary/aromatic N) is 1. The van der Waals surface area contributed by atoms with Crippen molar-refractivity contribution in [1.82, 2.24) is 0 Å². The predicted octanol–water partition coefficient (Wildman–Crippen LogP) is 3.66. The number of benzene rings is 1. The average molecular weight is 280 g/mol. The topological polar surface area (TPSA) is 33.0 Å². The molecule has 0 aromatic heterocycles. The number of ether oxygens (including phenoxy) is 1. The van der Waals surface area contributed by atoms with Crippen LogP contribution >= 0.6 is 15.9 Å². The molecule has 3 heteroatoms. The minimum absolute atomic E-state index is 0.181. The SMILES string of the molecule is N#CCC1(COCc2cccc(Br)c2)CC1. The van der Waals surface area contributed by atoms with Crippen molar-refractivity contribution < 1.29 is 4.74 Å². The molecule has 2 rings (SSSR count). The van der Waals surface area contributed by atoms with E-state index < -0.39 is 0 Å². The molecule has 1 saturated carbocycles. The number of hydrogen-bond acceptors (Lipinski definition) is 2. The zero-order chi connectivity index (χ0) is 11.4. The molecule has 0 saturated heterocycles. The van der Waals surface area contributed by atoms with Crippen LogP contribution < -0.4 is 0 Å². The Balaban J connectivity index is 1.78. The highest BCUT2D eigenvalue weighted by molar-refractivity contribution is 9.10. The van der Waals surface area contributed by atoms with E-state index in [9.17, 15) is 0 Å². The molecule has 2 nitrogen and oxygen atoms in total. The van der Waals surface area contributed by atoms with Gasteiger partial charge in [0.05, 0.1) is 19.3 Å². The molecule has 0 unspecified atom stereocenters. The highest BCUT2D eigenvalue weighted by Gasteiger charge is 2.42. The summed E-state index contributed by atoms with van der Waals surface area (Å²) in [6, 6.07) is 10.4. The molecule has 0 amide bonds. The first-order valence-electron chi connectivity index (χ1n) is 5.43. The monoisotopic (exact) mass is 279 g/mol. The third-order valence-electron chi connectivity index (χ3n) is 2.98. The van der Waals surface area contributed by atoms with Gasteiger partial charge in [0.1, 0.15) is 0 Å². The first-order chi connectivity index (χ1) is 7.74. The second-order valence-electron chi connectivity index (χ2n) is 4.46. The summed E-state index contributed by atoms with van der Waals surface area (Å²) in [6.45, 7) is 1.35. The van der Waals surface area contributed by atoms with E-state index in [4.69, 9.17) is 10.00 Å². The van der Waals surface area contributed by atoms with E-state index in [2.05, 4.69) is 34.1 Å². The number of halogens is 1. The van der Waals surface area contributed by atoms with Crippen molar-refractivity contribution >= 4 is 15.9 Å². The van der Waals surface area contributed by atoms with Crippen molar-refractivity contribution in [3.05, 3.63) is 34.3 Å². The van der Waals surface area contributed by atoms with Gasteiger partial charge in [-0.3, -0.25) is 0 Å². The molecule has 84 valence electrons. The van der Waals surface area contributed by atoms with Crippen molar-refractivity contribution in [3.63, 3.8) is 0 Å². The van der Waals surface area contributed by atoms with E-state index in [1.165, 1.54) is 5.56 Å². The summed E-state index contributed by atoms with van der Waals surface area (Å²) in [5.74, 6) is 0. The smallest absolute Gasteiger partial charge is 0.0717 e. The summed E-state index contributed by atoms with van der Waals surface area (Å²) in [6.07, 6.45) is 2.91. The second-order valence-corrected chi connectivity index (χ2v) is 5.37. The molecule has 0 bridgehead atoms. The number of hydrogen-bond donors (Lipinski definition) is 0. The largest absolute Gasteiger partial charge is 0.376 e. The van der Waals surface area contributed by atoms with Crippen LogP contribution in [0.25, 0.3) is 0 Å². The van der Waals surface area contributed by atoms with Gasteiger partial charge in [0, 0.05) is 16.3 Å². The molecule has 0 spiro atoms. The summed E-state index contributed by atoms with van der Waals surface area (Å²) < 4.78 is 6.76. The summed E-state index contributed by atoms with van der Waals surface area (Å²) in [5.41, 5.74) is 1.35. The molecule has 1 aromatic rings. The van der Waals surface area contributed by atoms with Gasteiger partial charge in [-0.1, -0.05) is 28.1 Å². The highest BCUT2D eigenvalue weighted by atomic mass is 79.9. The lowest BCUT2D eigenvalue weighted by Gasteiger charge is -2.11. The summed E-state index contributed by atoms with van der Waals surface area (Å²) >= 11 is 3.43. The van der Waals surface area contributed by atoms with Gasteiger partial charge >= 0.3 is 0 Å². The Kier molecular flexibility index (Phi) is 3.63. The molecule has 0 atom stereocenters. The summed E-state index contributed by atoms with van der Waals surface area (Å²) in [5, 5.41) is 8.68. The van der Waals surface area contributed by atoms with Gasteiger partial charge in [-0.2, -0.15) is 5.26 Å². The van der Waals surface area contributed by atoms with Crippen LogP contribution in [-0.4, -0.2) is 6.61 Å². The first kappa shape index (κ1) is 11.6. The Morgan fingerprint density at radius 3 is 2.88 bits per heavy atom. The molecular weight excluding hydrogens is 266 g/mol. The molecule has 16 heavy (non-hydrogen) atoms. The fourth-order valence-electron chi connectivity index (χ4n) is 1.73. The maximum absolute atomic E-state index is 8.68. The van der Waals surface area contributed by atoms with Crippen molar-refractivity contribution in [2.75, 3.05) is 6.61 Å². The van der Waals surface area contributed by atoms with Crippen LogP contribution in [0.5, 0.6) is 0 Å². The Labute approximate surface area is 104 Å². The van der Waals surface area contributed by atoms with Crippen molar-refractivity contribution in [1.29, 1.82) is 5.26 Å². The van der Waals surface area contributed by atoms with Crippen LogP contribution in [0.1, 0.15) is 24.8 Å². The van der Waals surface area contributed by atoms with Crippen LogP contribution in [0.4, 0.5) is 0 Å². The number of nitriles is 1. The zero-order valence-electron chi connectivity index (χ0n) is 9.08. The first-order valence-corrected chi connectivity index (χ1v) is 6.23. The second kappa shape index (κ2) is 4.99. The lowest BCUT2D eigenvalue weighted by molar-refractivity contribution is 0.0795. The van der Waals surface area contributed by atoms with Crippen molar-refractivity contribution in [3.8, 4) is 6.07 Å². The molecule has 1 aromatic carbocycles. The van der Waals surface area contributed by atoms with E-state index in [1.807, 2.05) is 12.1 Å². The van der Waals surface area contributed by atoms with Gasteiger partial charge < -0.3 is 4.74 Å². The van der Waals surface area contributed by atoms with E-state index in [-0.39, 0.29) is 5.41 Å². The normalized spacial score (nSPS) is 16.8. The van der Waals surface area contributed by atoms with Crippen molar-refractivity contribution in [2.24, 2.45) is 5.41 Å². The minimum Gasteiger partial charge on any atom is -0.376 e. The van der Waals surface area contributed by atoms with Gasteiger partial charge in [0.15, 0.2) is 0 Å². The molecule has 0 N–H and O–H groups in total. The summed E-state index contributed by atoms with van der Waals surface area (Å²) in [7, 11) is 0. The lowest BCUT2D eigenvalue weighted by atomic mass is 10.1. The van der Waals surface area contributed by atoms with Gasteiger partial charge in [0.2, 0.25) is 0 Å². The van der Waals surface area contributed by atoms with Gasteiger partial charge in [-0.25, -0.2) is 0 Å². The molecule has 0 heterocycles. The third kappa shape index (κ3) is 3.07. The van der Waals surface area contributed by atoms with Crippen molar-refractivity contribution in [2.45, 2.75) is 25.9 Å². The third-order valence-corrected chi connectivity index (χ3v) is 3.47. The van der Waals surface area contributed by atoms with Gasteiger partial charge in [-0.05, 0) is 30.5 Å². The van der Waals surface area contributed by atoms with E-state index in [0.29, 0.717) is 19.6 Å². The summed E-state index contributed by atoms with van der Waals surface area (Å²) in [4.78, 5) is 0. The quantitative estimate of drug-likeness (QED) is 0.824. The standard InChI is InChI=1S/C13H14BrNO/c14-12-3-1-2-11(8-12)9-16-10-13(4-5-13)6-7-15/h1-3,8H,4-6,9-10H2. The Hall–Kier alpha value is -0.850. The minimum atomic E-state index is 0.181. The maximum Gasteiger partial charge on any atom is 0.0717 e. The Morgan fingerprint density at radius 1 is 1.44 bits per heavy atom. The highest BCUT2D eigenvalue weighted by Crippen LogP contribution is 2.48. The fourth-order valence-corrected chi connectivity index (χ4v) is 2.18. The number of rotatable bonds is 5. The molecule has 1 aliphatic carbocycles. The van der Waals surface area contributed by atoms with Crippen LogP contribution in [-0.2, 0) is 11.3 Å². The predicted molar refractivity (Wildman–Crippen MR) is 65.7 cm³/mol. The zero-order valence-corrected chi connectivity index (χ0v) is 10.7. The van der Waals surface area contributed by atoms with E-state index in [0.717, 1.165) is 17.3 Å². The Morgan fingerprint density at radius 2 is 2.25 bits per heavy atom. The van der Waals surface area contributed by atoms with Crippen LogP contribution in [0.3, 0.4) is 0 Å². The maximum atomic E-state index is 8.68. The van der Waals surface area contributed by atoms with E-state index >= 15 is 0 Å². The van der Waals surface area contributed by atoms with Crippen LogP contribution in [0.2, 0.25) is 0 Å². The molecule has 1 fully saturated rings. The van der Waals surface area contributed by atoms with Gasteiger partial charge in [0.25, 0.3) is 0 Å². The average Bonchev–Trinajstić information content (AvgIpc) is 2.99. The Bertz CT molecular complexity index is 407. The van der Waals surface area contributed by atoms with Crippen LogP contribution in [0, 0.1) is 16.7 Å². The van der Waals surface area contributed by atoms with Gasteiger partial charge in [-0.15, -0.1) is 0 Å². The van der Waals surface area contributed by atoms with Crippen LogP contribution in [0.15, 0.2) is 28.7 Å². The lowest BCUT2D eigenvalue weighted by Crippen LogP contribution is -2.09. The molecule has 0 radical (unpaired) electrons. The molecule has 1 aliphatic rings. The fraction of sp³-hybridized carbons (Fsp3) is 0.462.